The molecule has 0 aromatic carbocycles. The van der Waals surface area contributed by atoms with E-state index in [0.717, 1.165) is 5.69 Å². The minimum atomic E-state index is -1.11. The van der Waals surface area contributed by atoms with Gasteiger partial charge in [-0.05, 0) is 12.1 Å². The average molecular weight is 287 g/mol. The number of nitrogens with zero attached hydrogens (tertiary/aromatic N) is 5. The van der Waals surface area contributed by atoms with Crippen LogP contribution in [0.4, 0.5) is 0 Å². The van der Waals surface area contributed by atoms with Crippen molar-refractivity contribution in [3.63, 3.8) is 0 Å². The van der Waals surface area contributed by atoms with Crippen molar-refractivity contribution in [3.8, 4) is 0 Å². The highest BCUT2D eigenvalue weighted by Crippen LogP contribution is 2.21. The Kier molecular flexibility index (Phi) is 3.35. The first-order valence-corrected chi connectivity index (χ1v) is 6.46. The monoisotopic (exact) mass is 287 g/mol. The molecule has 2 aromatic heterocycles. The lowest BCUT2D eigenvalue weighted by Gasteiger charge is -2.38. The zero-order valence-corrected chi connectivity index (χ0v) is 11.1. The summed E-state index contributed by atoms with van der Waals surface area (Å²) in [4.78, 5) is 28.6. The number of carbonyl (C=O) groups excluding carboxylic acids is 1. The van der Waals surface area contributed by atoms with Crippen LogP contribution >= 0.6 is 0 Å². The van der Waals surface area contributed by atoms with Gasteiger partial charge in [-0.15, -0.1) is 5.10 Å². The Morgan fingerprint density at radius 3 is 2.76 bits per heavy atom. The number of aromatic carboxylic acids is 1. The third-order valence-electron chi connectivity index (χ3n) is 3.38. The Bertz CT molecular complexity index is 663. The maximum absolute atomic E-state index is 12.0. The fourth-order valence-corrected chi connectivity index (χ4v) is 2.15. The van der Waals surface area contributed by atoms with E-state index in [1.165, 1.54) is 10.9 Å². The van der Waals surface area contributed by atoms with Gasteiger partial charge in [-0.1, -0.05) is 11.3 Å². The molecule has 1 amide bonds. The second kappa shape index (κ2) is 5.31. The summed E-state index contributed by atoms with van der Waals surface area (Å²) in [5, 5.41) is 16.1. The van der Waals surface area contributed by atoms with E-state index in [1.807, 2.05) is 12.1 Å². The van der Waals surface area contributed by atoms with Gasteiger partial charge in [-0.2, -0.15) is 0 Å². The lowest BCUT2D eigenvalue weighted by atomic mass is 10.1. The first-order valence-electron chi connectivity index (χ1n) is 6.46. The Hall–Kier alpha value is -2.77. The van der Waals surface area contributed by atoms with Crippen molar-refractivity contribution in [2.75, 3.05) is 13.1 Å². The minimum Gasteiger partial charge on any atom is -0.476 e. The molecular formula is C13H13N5O3. The van der Waals surface area contributed by atoms with Crippen LogP contribution in [0, 0.1) is 0 Å². The smallest absolute Gasteiger partial charge is 0.358 e. The molecule has 108 valence electrons. The number of carbonyl (C=O) groups is 2. The third-order valence-corrected chi connectivity index (χ3v) is 3.38. The summed E-state index contributed by atoms with van der Waals surface area (Å²) in [6.45, 7) is 1.02. The maximum atomic E-state index is 12.0. The fourth-order valence-electron chi connectivity index (χ4n) is 2.15. The van der Waals surface area contributed by atoms with Crippen molar-refractivity contribution in [2.24, 2.45) is 0 Å². The zero-order valence-electron chi connectivity index (χ0n) is 11.1. The highest BCUT2D eigenvalue weighted by molar-refractivity contribution is 5.84. The summed E-state index contributed by atoms with van der Waals surface area (Å²) in [5.41, 5.74) is 0.646. The number of amides is 1. The molecule has 0 atom stereocenters. The molecule has 0 saturated carbocycles. The molecule has 1 aliphatic heterocycles. The van der Waals surface area contributed by atoms with Gasteiger partial charge in [-0.25, -0.2) is 9.48 Å². The third kappa shape index (κ3) is 2.73. The van der Waals surface area contributed by atoms with Gasteiger partial charge >= 0.3 is 5.97 Å². The lowest BCUT2D eigenvalue weighted by Crippen LogP contribution is -2.51. The zero-order chi connectivity index (χ0) is 14.8. The molecule has 3 heterocycles. The van der Waals surface area contributed by atoms with E-state index < -0.39 is 5.97 Å². The molecule has 1 fully saturated rings. The van der Waals surface area contributed by atoms with E-state index >= 15 is 0 Å². The molecule has 1 aliphatic rings. The summed E-state index contributed by atoms with van der Waals surface area (Å²) in [6, 6.07) is 5.44. The summed E-state index contributed by atoms with van der Waals surface area (Å²) in [6.07, 6.45) is 3.31. The van der Waals surface area contributed by atoms with Crippen LogP contribution in [0.5, 0.6) is 0 Å². The molecular weight excluding hydrogens is 274 g/mol. The molecule has 0 bridgehead atoms. The highest BCUT2D eigenvalue weighted by atomic mass is 16.4. The summed E-state index contributed by atoms with van der Waals surface area (Å²) in [7, 11) is 0. The SMILES string of the molecule is O=C(O)c1cn(C2CN(C(=O)Cc3ccccn3)C2)nn1. The van der Waals surface area contributed by atoms with Gasteiger partial charge in [0.05, 0.1) is 18.7 Å². The predicted octanol–water partition coefficient (Wildman–Crippen LogP) is -0.00270. The van der Waals surface area contributed by atoms with E-state index in [4.69, 9.17) is 5.11 Å². The number of pyridine rings is 1. The van der Waals surface area contributed by atoms with E-state index in [1.54, 1.807) is 17.2 Å². The molecule has 0 aliphatic carbocycles. The summed E-state index contributed by atoms with van der Waals surface area (Å²) >= 11 is 0. The number of rotatable bonds is 4. The second-order valence-electron chi connectivity index (χ2n) is 4.84. The fraction of sp³-hybridized carbons (Fsp3) is 0.308. The molecule has 8 nitrogen and oxygen atoms in total. The van der Waals surface area contributed by atoms with Gasteiger partial charge in [0.15, 0.2) is 5.69 Å². The van der Waals surface area contributed by atoms with Gasteiger partial charge in [0.2, 0.25) is 5.91 Å². The number of likely N-dealkylation sites (tertiary alicyclic amines) is 1. The summed E-state index contributed by atoms with van der Waals surface area (Å²) < 4.78 is 1.49. The molecule has 3 rings (SSSR count). The number of hydrogen-bond donors (Lipinski definition) is 1. The average Bonchev–Trinajstić information content (AvgIpc) is 2.88. The van der Waals surface area contributed by atoms with Crippen molar-refractivity contribution in [1.82, 2.24) is 24.9 Å². The van der Waals surface area contributed by atoms with Gasteiger partial charge in [-0.3, -0.25) is 9.78 Å². The van der Waals surface area contributed by atoms with E-state index in [0.29, 0.717) is 13.1 Å². The molecule has 0 spiro atoms. The standard InChI is InChI=1S/C13H13N5O3/c19-12(5-9-3-1-2-4-14-9)17-6-10(7-17)18-8-11(13(20)21)15-16-18/h1-4,8,10H,5-7H2,(H,20,21). The summed E-state index contributed by atoms with van der Waals surface area (Å²) in [5.74, 6) is -1.10. The van der Waals surface area contributed by atoms with Gasteiger partial charge < -0.3 is 10.0 Å². The van der Waals surface area contributed by atoms with Crippen molar-refractivity contribution in [3.05, 3.63) is 42.0 Å². The molecule has 1 N–H and O–H groups in total. The Morgan fingerprint density at radius 1 is 1.33 bits per heavy atom. The molecule has 0 unspecified atom stereocenters. The Morgan fingerprint density at radius 2 is 2.14 bits per heavy atom. The Labute approximate surface area is 120 Å². The van der Waals surface area contributed by atoms with Crippen LogP contribution < -0.4 is 0 Å². The van der Waals surface area contributed by atoms with Crippen LogP contribution in [0.15, 0.2) is 30.6 Å². The molecule has 1 saturated heterocycles. The van der Waals surface area contributed by atoms with Crippen LogP contribution in [0.1, 0.15) is 22.2 Å². The molecule has 0 radical (unpaired) electrons. The minimum absolute atomic E-state index is 0.00326. The highest BCUT2D eigenvalue weighted by Gasteiger charge is 2.33. The van der Waals surface area contributed by atoms with Crippen LogP contribution in [0.3, 0.4) is 0 Å². The van der Waals surface area contributed by atoms with Crippen LogP contribution in [0.25, 0.3) is 0 Å². The van der Waals surface area contributed by atoms with Crippen molar-refractivity contribution in [2.45, 2.75) is 12.5 Å². The largest absolute Gasteiger partial charge is 0.476 e. The van der Waals surface area contributed by atoms with Crippen molar-refractivity contribution in [1.29, 1.82) is 0 Å². The van der Waals surface area contributed by atoms with Crippen molar-refractivity contribution < 1.29 is 14.7 Å². The van der Waals surface area contributed by atoms with Gasteiger partial charge in [0.25, 0.3) is 0 Å². The second-order valence-corrected chi connectivity index (χ2v) is 4.84. The lowest BCUT2D eigenvalue weighted by molar-refractivity contribution is -0.136. The van der Waals surface area contributed by atoms with Crippen molar-refractivity contribution >= 4 is 11.9 Å². The number of hydrogen-bond acceptors (Lipinski definition) is 5. The topological polar surface area (TPSA) is 101 Å². The van der Waals surface area contributed by atoms with Gasteiger partial charge in [0, 0.05) is 25.0 Å². The molecule has 8 heteroatoms. The first-order chi connectivity index (χ1) is 10.1. The van der Waals surface area contributed by atoms with Crippen LogP contribution in [0.2, 0.25) is 0 Å². The predicted molar refractivity (Wildman–Crippen MR) is 70.5 cm³/mol. The number of carboxylic acids is 1. The van der Waals surface area contributed by atoms with E-state index in [9.17, 15) is 9.59 Å². The van der Waals surface area contributed by atoms with E-state index in [2.05, 4.69) is 15.3 Å². The first kappa shape index (κ1) is 13.2. The molecule has 2 aromatic rings. The van der Waals surface area contributed by atoms with Crippen LogP contribution in [-0.2, 0) is 11.2 Å². The Balaban J connectivity index is 1.55. The maximum Gasteiger partial charge on any atom is 0.358 e. The van der Waals surface area contributed by atoms with Crippen LogP contribution in [-0.4, -0.2) is 55.0 Å². The number of carboxylic acid groups (broad SMARTS) is 1. The quantitative estimate of drug-likeness (QED) is 0.849. The number of aromatic nitrogens is 4. The molecule has 21 heavy (non-hydrogen) atoms. The normalized spacial score (nSPS) is 14.8. The van der Waals surface area contributed by atoms with E-state index in [-0.39, 0.29) is 24.1 Å². The van der Waals surface area contributed by atoms with Gasteiger partial charge in [0.1, 0.15) is 0 Å².